The van der Waals surface area contributed by atoms with E-state index < -0.39 is 6.23 Å². The van der Waals surface area contributed by atoms with E-state index in [4.69, 9.17) is 0 Å². The summed E-state index contributed by atoms with van der Waals surface area (Å²) in [5.41, 5.74) is 3.59. The molecule has 0 bridgehead atoms. The molecule has 1 atom stereocenters. The smallest absolute Gasteiger partial charge is 0.191 e. The first kappa shape index (κ1) is 10.5. The minimum atomic E-state index is -0.460. The normalized spacial score (nSPS) is 22.8. The van der Waals surface area contributed by atoms with Crippen LogP contribution < -0.4 is 0 Å². The molecule has 88 valence electrons. The molecule has 0 saturated carbocycles. The molecule has 3 nitrogen and oxygen atoms in total. The maximum absolute atomic E-state index is 12.2. The van der Waals surface area contributed by atoms with Crippen molar-refractivity contribution in [1.82, 2.24) is 4.90 Å². The summed E-state index contributed by atoms with van der Waals surface area (Å²) >= 11 is 0. The Morgan fingerprint density at radius 2 is 2.06 bits per heavy atom. The van der Waals surface area contributed by atoms with Gasteiger partial charge in [-0.25, -0.2) is 0 Å². The molecule has 1 unspecified atom stereocenters. The third-order valence-electron chi connectivity index (χ3n) is 3.63. The molecule has 17 heavy (non-hydrogen) atoms. The Hall–Kier alpha value is -1.61. The number of aliphatic hydroxyl groups excluding tert-OH is 1. The third kappa shape index (κ3) is 1.35. The van der Waals surface area contributed by atoms with Crippen LogP contribution in [0.4, 0.5) is 0 Å². The van der Waals surface area contributed by atoms with E-state index in [1.165, 1.54) is 0 Å². The number of carbonyl (C=O) groups excluding carboxylic acids is 1. The van der Waals surface area contributed by atoms with E-state index in [2.05, 4.69) is 0 Å². The first-order chi connectivity index (χ1) is 8.24. The Morgan fingerprint density at radius 3 is 2.76 bits per heavy atom. The number of hydrogen-bond acceptors (Lipinski definition) is 3. The molecule has 1 aliphatic carbocycles. The summed E-state index contributed by atoms with van der Waals surface area (Å²) in [6, 6.07) is 7.67. The molecule has 0 saturated heterocycles. The van der Waals surface area contributed by atoms with E-state index in [0.29, 0.717) is 12.8 Å². The molecule has 1 aromatic carbocycles. The van der Waals surface area contributed by atoms with Gasteiger partial charge in [0, 0.05) is 23.2 Å². The van der Waals surface area contributed by atoms with Crippen molar-refractivity contribution >= 4 is 11.5 Å². The van der Waals surface area contributed by atoms with E-state index in [1.54, 1.807) is 0 Å². The SMILES string of the molecule is CCN1C2=C(CCC1O)C(=O)c1ccccc12. The summed E-state index contributed by atoms with van der Waals surface area (Å²) in [6.07, 6.45) is 0.866. The van der Waals surface area contributed by atoms with Crippen LogP contribution in [0.3, 0.4) is 0 Å². The third-order valence-corrected chi connectivity index (χ3v) is 3.63. The van der Waals surface area contributed by atoms with Crippen molar-refractivity contribution in [1.29, 1.82) is 0 Å². The second-order valence-electron chi connectivity index (χ2n) is 4.51. The van der Waals surface area contributed by atoms with Crippen molar-refractivity contribution in [2.45, 2.75) is 26.0 Å². The van der Waals surface area contributed by atoms with Crippen LogP contribution in [-0.2, 0) is 0 Å². The van der Waals surface area contributed by atoms with Gasteiger partial charge in [0.15, 0.2) is 5.78 Å². The van der Waals surface area contributed by atoms with Crippen LogP contribution >= 0.6 is 0 Å². The van der Waals surface area contributed by atoms with Gasteiger partial charge in [-0.3, -0.25) is 4.79 Å². The predicted molar refractivity (Wildman–Crippen MR) is 65.3 cm³/mol. The fraction of sp³-hybridized carbons (Fsp3) is 0.357. The number of aliphatic hydroxyl groups is 1. The van der Waals surface area contributed by atoms with Crippen LogP contribution in [0.25, 0.3) is 5.70 Å². The number of hydrogen-bond donors (Lipinski definition) is 1. The molecule has 1 N–H and O–H groups in total. The number of Topliss-reactive ketones (excluding diaryl/α,β-unsaturated/α-hetero) is 1. The number of fused-ring (bicyclic) bond motifs is 2. The Morgan fingerprint density at radius 1 is 1.35 bits per heavy atom. The molecule has 3 rings (SSSR count). The van der Waals surface area contributed by atoms with Gasteiger partial charge in [0.1, 0.15) is 6.23 Å². The lowest BCUT2D eigenvalue weighted by molar-refractivity contribution is 0.0355. The molecule has 2 aliphatic rings. The Bertz CT molecular complexity index is 519. The maximum atomic E-state index is 12.2. The van der Waals surface area contributed by atoms with Crippen LogP contribution in [0.5, 0.6) is 0 Å². The van der Waals surface area contributed by atoms with Gasteiger partial charge >= 0.3 is 0 Å². The zero-order valence-corrected chi connectivity index (χ0v) is 9.81. The largest absolute Gasteiger partial charge is 0.374 e. The molecule has 0 radical (unpaired) electrons. The van der Waals surface area contributed by atoms with Crippen LogP contribution in [0.1, 0.15) is 35.7 Å². The van der Waals surface area contributed by atoms with Gasteiger partial charge in [-0.15, -0.1) is 0 Å². The number of carbonyl (C=O) groups is 1. The van der Waals surface area contributed by atoms with Gasteiger partial charge in [0.05, 0.1) is 5.70 Å². The second kappa shape index (κ2) is 3.70. The van der Waals surface area contributed by atoms with E-state index in [9.17, 15) is 9.90 Å². The summed E-state index contributed by atoms with van der Waals surface area (Å²) < 4.78 is 0. The van der Waals surface area contributed by atoms with Crippen molar-refractivity contribution in [2.75, 3.05) is 6.54 Å². The fourth-order valence-electron chi connectivity index (χ4n) is 2.83. The van der Waals surface area contributed by atoms with Crippen LogP contribution in [-0.4, -0.2) is 28.6 Å². The lowest BCUT2D eigenvalue weighted by atomic mass is 10.0. The minimum Gasteiger partial charge on any atom is -0.374 e. The van der Waals surface area contributed by atoms with Gasteiger partial charge in [-0.05, 0) is 19.8 Å². The zero-order valence-electron chi connectivity index (χ0n) is 9.81. The highest BCUT2D eigenvalue weighted by Crippen LogP contribution is 2.41. The standard InChI is InChI=1S/C14H15NO2/c1-2-15-12(16)8-7-11-13(15)9-5-3-4-6-10(9)14(11)17/h3-6,12,16H,2,7-8H2,1H3. The van der Waals surface area contributed by atoms with Crippen LogP contribution in [0, 0.1) is 0 Å². The van der Waals surface area contributed by atoms with Gasteiger partial charge < -0.3 is 10.0 Å². The van der Waals surface area contributed by atoms with Crippen LogP contribution in [0.15, 0.2) is 29.8 Å². The summed E-state index contributed by atoms with van der Waals surface area (Å²) in [4.78, 5) is 14.2. The molecule has 3 heteroatoms. The molecule has 0 aromatic heterocycles. The van der Waals surface area contributed by atoms with E-state index in [1.807, 2.05) is 36.1 Å². The average Bonchev–Trinajstić information content (AvgIpc) is 2.64. The van der Waals surface area contributed by atoms with Gasteiger partial charge in [-0.2, -0.15) is 0 Å². The zero-order chi connectivity index (χ0) is 12.0. The molecule has 0 spiro atoms. The van der Waals surface area contributed by atoms with Crippen LogP contribution in [0.2, 0.25) is 0 Å². The Balaban J connectivity index is 2.19. The van der Waals surface area contributed by atoms with E-state index in [0.717, 1.165) is 28.9 Å². The number of nitrogens with zero attached hydrogens (tertiary/aromatic N) is 1. The molecule has 1 heterocycles. The van der Waals surface area contributed by atoms with Crippen molar-refractivity contribution < 1.29 is 9.90 Å². The van der Waals surface area contributed by atoms with Gasteiger partial charge in [-0.1, -0.05) is 24.3 Å². The van der Waals surface area contributed by atoms with E-state index in [-0.39, 0.29) is 5.78 Å². The van der Waals surface area contributed by atoms with E-state index >= 15 is 0 Å². The van der Waals surface area contributed by atoms with Gasteiger partial charge in [0.2, 0.25) is 0 Å². The molecule has 1 aliphatic heterocycles. The maximum Gasteiger partial charge on any atom is 0.191 e. The highest BCUT2D eigenvalue weighted by Gasteiger charge is 2.36. The fourth-order valence-corrected chi connectivity index (χ4v) is 2.83. The number of rotatable bonds is 1. The lowest BCUT2D eigenvalue weighted by Gasteiger charge is -2.34. The number of ketones is 1. The summed E-state index contributed by atoms with van der Waals surface area (Å²) in [5, 5.41) is 10.0. The second-order valence-corrected chi connectivity index (χ2v) is 4.51. The first-order valence-corrected chi connectivity index (χ1v) is 6.06. The number of allylic oxidation sites excluding steroid dienone is 1. The lowest BCUT2D eigenvalue weighted by Crippen LogP contribution is -2.36. The topological polar surface area (TPSA) is 40.5 Å². The highest BCUT2D eigenvalue weighted by atomic mass is 16.3. The molecule has 1 aromatic rings. The van der Waals surface area contributed by atoms with Crippen molar-refractivity contribution in [3.05, 3.63) is 41.0 Å². The van der Waals surface area contributed by atoms with Gasteiger partial charge in [0.25, 0.3) is 0 Å². The molecule has 0 fully saturated rings. The summed E-state index contributed by atoms with van der Waals surface area (Å²) in [7, 11) is 0. The van der Waals surface area contributed by atoms with Crippen molar-refractivity contribution in [3.63, 3.8) is 0 Å². The monoisotopic (exact) mass is 229 g/mol. The highest BCUT2D eigenvalue weighted by molar-refractivity contribution is 6.20. The molecule has 0 amide bonds. The average molecular weight is 229 g/mol. The Kier molecular flexibility index (Phi) is 2.30. The Labute approximate surface area is 100 Å². The quantitative estimate of drug-likeness (QED) is 0.801. The van der Waals surface area contributed by atoms with Crippen molar-refractivity contribution in [3.8, 4) is 0 Å². The number of benzene rings is 1. The summed E-state index contributed by atoms with van der Waals surface area (Å²) in [6.45, 7) is 2.73. The predicted octanol–water partition coefficient (Wildman–Crippen LogP) is 2.03. The molecular weight excluding hydrogens is 214 g/mol. The van der Waals surface area contributed by atoms with Crippen molar-refractivity contribution in [2.24, 2.45) is 0 Å². The first-order valence-electron chi connectivity index (χ1n) is 6.06. The summed E-state index contributed by atoms with van der Waals surface area (Å²) in [5.74, 6) is 0.140. The molecular formula is C14H15NO2. The minimum absolute atomic E-state index is 0.140.